The van der Waals surface area contributed by atoms with Crippen molar-refractivity contribution >= 4 is 41.7 Å². The van der Waals surface area contributed by atoms with Gasteiger partial charge in [-0.05, 0) is 54.9 Å². The quantitative estimate of drug-likeness (QED) is 0.258. The molecule has 0 saturated heterocycles. The molecule has 0 aromatic heterocycles. The summed E-state index contributed by atoms with van der Waals surface area (Å²) < 4.78 is 0. The molecule has 0 N–H and O–H groups in total. The molecule has 0 fully saturated rings. The summed E-state index contributed by atoms with van der Waals surface area (Å²) in [6, 6.07) is 55.9. The van der Waals surface area contributed by atoms with Gasteiger partial charge in [-0.1, -0.05) is 115 Å². The highest BCUT2D eigenvalue weighted by molar-refractivity contribution is 8.03. The van der Waals surface area contributed by atoms with E-state index < -0.39 is 15.2 Å². The summed E-state index contributed by atoms with van der Waals surface area (Å²) in [4.78, 5) is 0. The van der Waals surface area contributed by atoms with Crippen LogP contribution in [0.3, 0.4) is 0 Å². The van der Waals surface area contributed by atoms with Gasteiger partial charge < -0.3 is 0 Å². The van der Waals surface area contributed by atoms with Gasteiger partial charge in [-0.2, -0.15) is 0 Å². The molecule has 160 valence electrons. The van der Waals surface area contributed by atoms with Crippen LogP contribution in [0.2, 0.25) is 0 Å². The molecule has 0 bridgehead atoms. The lowest BCUT2D eigenvalue weighted by atomic mass is 10.4. The highest BCUT2D eigenvalue weighted by Crippen LogP contribution is 2.62. The Morgan fingerprint density at radius 1 is 0.364 bits per heavy atom. The monoisotopic (exact) mass is 461 g/mol. The molecule has 0 aliphatic heterocycles. The average molecular weight is 462 g/mol. The molecule has 2 heteroatoms. The number of benzene rings is 5. The van der Waals surface area contributed by atoms with E-state index in [1.54, 1.807) is 0 Å². The van der Waals surface area contributed by atoms with Crippen molar-refractivity contribution in [1.29, 1.82) is 0 Å². The molecule has 0 atom stereocenters. The fourth-order valence-corrected chi connectivity index (χ4v) is 13.7. The van der Waals surface area contributed by atoms with Crippen molar-refractivity contribution in [2.75, 3.05) is 5.90 Å². The molecule has 0 amide bonds. The molecule has 0 saturated carbocycles. The number of hydrogen-bond acceptors (Lipinski definition) is 0. The van der Waals surface area contributed by atoms with Crippen LogP contribution < -0.4 is 26.5 Å². The molecule has 0 unspecified atom stereocenters. The fourth-order valence-electron chi connectivity index (χ4n) is 4.48. The lowest BCUT2D eigenvalue weighted by Crippen LogP contribution is -2.34. The topological polar surface area (TPSA) is 0 Å². The van der Waals surface area contributed by atoms with Crippen molar-refractivity contribution in [1.82, 2.24) is 0 Å². The Bertz CT molecular complexity index is 1120. The van der Waals surface area contributed by atoms with E-state index in [1.165, 1.54) is 26.5 Å². The van der Waals surface area contributed by atoms with E-state index >= 15 is 0 Å². The molecule has 5 aromatic carbocycles. The van der Waals surface area contributed by atoms with Gasteiger partial charge >= 0.3 is 0 Å². The Labute approximate surface area is 199 Å². The SMILES string of the molecule is c1ccc(P(C[P+](c2ccccc2)(c2ccccc2)c2ccccc2)c2ccccc2)cc1. The average Bonchev–Trinajstić information content (AvgIpc) is 2.92. The van der Waals surface area contributed by atoms with E-state index in [4.69, 9.17) is 0 Å². The van der Waals surface area contributed by atoms with Gasteiger partial charge in [-0.15, -0.1) is 0 Å². The lowest BCUT2D eigenvalue weighted by molar-refractivity contribution is 1.70. The molecule has 5 aromatic rings. The van der Waals surface area contributed by atoms with Crippen LogP contribution in [0, 0.1) is 0 Å². The van der Waals surface area contributed by atoms with Crippen molar-refractivity contribution in [2.45, 2.75) is 0 Å². The zero-order valence-electron chi connectivity index (χ0n) is 18.5. The summed E-state index contributed by atoms with van der Waals surface area (Å²) >= 11 is 0. The molecule has 5 rings (SSSR count). The molecule has 33 heavy (non-hydrogen) atoms. The van der Waals surface area contributed by atoms with Gasteiger partial charge in [0.25, 0.3) is 0 Å². The Morgan fingerprint density at radius 3 is 0.939 bits per heavy atom. The van der Waals surface area contributed by atoms with Gasteiger partial charge in [0.2, 0.25) is 0 Å². The van der Waals surface area contributed by atoms with E-state index in [0.717, 1.165) is 5.90 Å². The van der Waals surface area contributed by atoms with Gasteiger partial charge in [-0.3, -0.25) is 0 Å². The third kappa shape index (κ3) is 4.56. The fraction of sp³-hybridized carbons (Fsp3) is 0.0323. The third-order valence-corrected chi connectivity index (χ3v) is 14.3. The van der Waals surface area contributed by atoms with Crippen LogP contribution in [-0.2, 0) is 0 Å². The Balaban J connectivity index is 1.78. The van der Waals surface area contributed by atoms with Gasteiger partial charge in [0.05, 0.1) is 0 Å². The largest absolute Gasteiger partial charge is 0.116 e. The molecule has 0 aliphatic carbocycles. The minimum Gasteiger partial charge on any atom is -0.0622 e. The van der Waals surface area contributed by atoms with Crippen molar-refractivity contribution < 1.29 is 0 Å². The lowest BCUT2D eigenvalue weighted by Gasteiger charge is -2.31. The molecular weight excluding hydrogens is 434 g/mol. The normalized spacial score (nSPS) is 11.4. The summed E-state index contributed by atoms with van der Waals surface area (Å²) in [6.45, 7) is 0. The van der Waals surface area contributed by atoms with Crippen LogP contribution in [0.25, 0.3) is 0 Å². The van der Waals surface area contributed by atoms with Crippen LogP contribution in [0.5, 0.6) is 0 Å². The molecule has 0 spiro atoms. The number of rotatable bonds is 7. The minimum atomic E-state index is -1.91. The maximum absolute atomic E-state index is 2.34. The van der Waals surface area contributed by atoms with Crippen LogP contribution in [0.4, 0.5) is 0 Å². The van der Waals surface area contributed by atoms with Crippen molar-refractivity contribution in [3.05, 3.63) is 152 Å². The zero-order valence-corrected chi connectivity index (χ0v) is 20.3. The predicted molar refractivity (Wildman–Crippen MR) is 149 cm³/mol. The van der Waals surface area contributed by atoms with E-state index in [2.05, 4.69) is 152 Å². The Kier molecular flexibility index (Phi) is 6.78. The predicted octanol–water partition coefficient (Wildman–Crippen LogP) is 6.07. The Morgan fingerprint density at radius 2 is 0.636 bits per heavy atom. The summed E-state index contributed by atoms with van der Waals surface area (Å²) in [5, 5.41) is 7.21. The highest BCUT2D eigenvalue weighted by atomic mass is 31.2. The van der Waals surface area contributed by atoms with Crippen LogP contribution in [0.1, 0.15) is 0 Å². The van der Waals surface area contributed by atoms with Crippen LogP contribution in [0.15, 0.2) is 152 Å². The maximum atomic E-state index is 2.34. The van der Waals surface area contributed by atoms with Crippen molar-refractivity contribution in [2.24, 2.45) is 0 Å². The van der Waals surface area contributed by atoms with Crippen molar-refractivity contribution in [3.8, 4) is 0 Å². The number of hydrogen-bond donors (Lipinski definition) is 0. The second-order valence-electron chi connectivity index (χ2n) is 8.06. The van der Waals surface area contributed by atoms with E-state index in [1.807, 2.05) is 0 Å². The van der Waals surface area contributed by atoms with Crippen molar-refractivity contribution in [3.63, 3.8) is 0 Å². The molecule has 0 nitrogen and oxygen atoms in total. The second kappa shape index (κ2) is 10.3. The summed E-state index contributed by atoms with van der Waals surface area (Å²) in [7, 11) is -2.47. The van der Waals surface area contributed by atoms with Gasteiger partial charge in [0.1, 0.15) is 29.1 Å². The third-order valence-electron chi connectivity index (χ3n) is 6.08. The summed E-state index contributed by atoms with van der Waals surface area (Å²) in [5.41, 5.74) is 0. The maximum Gasteiger partial charge on any atom is 0.116 e. The standard InChI is InChI=1S/C31H27P2/c1-6-16-27(17-7-1)32(28-18-8-2-9-19-28)26-33(29-20-10-3-11-21-29,30-22-12-4-13-23-30)31-24-14-5-15-25-31/h1-25H,26H2/q+1. The highest BCUT2D eigenvalue weighted by Gasteiger charge is 2.47. The van der Waals surface area contributed by atoms with Gasteiger partial charge in [0.15, 0.2) is 0 Å². The van der Waals surface area contributed by atoms with E-state index in [-0.39, 0.29) is 0 Å². The summed E-state index contributed by atoms with van der Waals surface area (Å²) in [6.07, 6.45) is 0. The van der Waals surface area contributed by atoms with E-state index in [9.17, 15) is 0 Å². The first-order chi connectivity index (χ1) is 16.4. The minimum absolute atomic E-state index is 0.560. The van der Waals surface area contributed by atoms with Gasteiger partial charge in [0, 0.05) is 0 Å². The van der Waals surface area contributed by atoms with Crippen LogP contribution >= 0.6 is 15.2 Å². The first kappa shape index (κ1) is 21.8. The first-order valence-electron chi connectivity index (χ1n) is 11.3. The van der Waals surface area contributed by atoms with Gasteiger partial charge in [-0.25, -0.2) is 0 Å². The molecule has 0 heterocycles. The first-order valence-corrected chi connectivity index (χ1v) is 14.8. The summed E-state index contributed by atoms with van der Waals surface area (Å²) in [5.74, 6) is 1.11. The second-order valence-corrected chi connectivity index (χ2v) is 14.2. The molecular formula is C31H27P2+. The smallest absolute Gasteiger partial charge is 0.0622 e. The zero-order chi connectivity index (χ0) is 22.3. The molecule has 0 radical (unpaired) electrons. The van der Waals surface area contributed by atoms with Crippen LogP contribution in [-0.4, -0.2) is 5.90 Å². The Hall–Kier alpha value is -3.04. The van der Waals surface area contributed by atoms with E-state index in [0.29, 0.717) is 0 Å². The molecule has 0 aliphatic rings.